The minimum absolute atomic E-state index is 0.115. The van der Waals surface area contributed by atoms with E-state index in [1.54, 1.807) is 0 Å². The highest BCUT2D eigenvalue weighted by Gasteiger charge is 2.48. The first-order valence-corrected chi connectivity index (χ1v) is 8.19. The molecule has 1 atom stereocenters. The van der Waals surface area contributed by atoms with Gasteiger partial charge in [0.1, 0.15) is 11.5 Å². The number of carbonyl (C=O) groups is 1. The second-order valence-electron chi connectivity index (χ2n) is 5.76. The van der Waals surface area contributed by atoms with Crippen molar-refractivity contribution in [2.75, 3.05) is 6.61 Å². The fourth-order valence-corrected chi connectivity index (χ4v) is 2.68. The predicted molar refractivity (Wildman–Crippen MR) is 87.1 cm³/mol. The number of ether oxygens (including phenoxy) is 2. The van der Waals surface area contributed by atoms with Crippen LogP contribution in [0.15, 0.2) is 17.7 Å². The molecule has 1 aromatic carbocycles. The number of rotatable bonds is 6. The molecule has 1 aromatic rings. The molecule has 0 bridgehead atoms. The Labute approximate surface area is 148 Å². The summed E-state index contributed by atoms with van der Waals surface area (Å²) in [4.78, 5) is 11.1. The van der Waals surface area contributed by atoms with Crippen LogP contribution in [0.5, 0.6) is 11.5 Å². The molecule has 4 nitrogen and oxygen atoms in total. The molecule has 25 heavy (non-hydrogen) atoms. The van der Waals surface area contributed by atoms with Gasteiger partial charge in [0.2, 0.25) is 6.10 Å². The van der Waals surface area contributed by atoms with Crippen LogP contribution < -0.4 is 9.47 Å². The highest BCUT2D eigenvalue weighted by Crippen LogP contribution is 2.41. The summed E-state index contributed by atoms with van der Waals surface area (Å²) in [5, 5.41) is 9.20. The van der Waals surface area contributed by atoms with Crippen molar-refractivity contribution in [2.45, 2.75) is 39.0 Å². The number of alkyl halides is 3. The minimum Gasteiger partial charge on any atom is -0.492 e. The Hall–Kier alpha value is -1.89. The van der Waals surface area contributed by atoms with Gasteiger partial charge in [0.25, 0.3) is 0 Å². The first kappa shape index (κ1) is 19.4. The number of halogens is 4. The van der Waals surface area contributed by atoms with Gasteiger partial charge < -0.3 is 14.6 Å². The molecule has 1 aliphatic rings. The summed E-state index contributed by atoms with van der Waals surface area (Å²) in [5.41, 5.74) is -0.723. The molecule has 1 unspecified atom stereocenters. The summed E-state index contributed by atoms with van der Waals surface area (Å²) >= 11 is 6.11. The van der Waals surface area contributed by atoms with Crippen LogP contribution in [0.1, 0.15) is 32.3 Å². The molecule has 0 aromatic heterocycles. The van der Waals surface area contributed by atoms with Gasteiger partial charge in [-0.05, 0) is 18.1 Å². The maximum Gasteiger partial charge on any atom is 0.430 e. The van der Waals surface area contributed by atoms with Crippen LogP contribution in [-0.2, 0) is 4.79 Å². The Bertz CT molecular complexity index is 681. The number of fused-ring (bicyclic) bond motifs is 1. The zero-order valence-electron chi connectivity index (χ0n) is 13.7. The van der Waals surface area contributed by atoms with Crippen LogP contribution >= 0.6 is 11.6 Å². The molecular weight excluding hydrogens is 361 g/mol. The van der Waals surface area contributed by atoms with Crippen molar-refractivity contribution in [2.24, 2.45) is 5.92 Å². The molecule has 1 aliphatic heterocycles. The van der Waals surface area contributed by atoms with Crippen LogP contribution in [0.4, 0.5) is 13.2 Å². The zero-order chi connectivity index (χ0) is 18.8. The Morgan fingerprint density at radius 3 is 2.52 bits per heavy atom. The average Bonchev–Trinajstić information content (AvgIpc) is 2.54. The predicted octanol–water partition coefficient (Wildman–Crippen LogP) is 4.95. The molecule has 0 amide bonds. The summed E-state index contributed by atoms with van der Waals surface area (Å²) in [6, 6.07) is 2.61. The van der Waals surface area contributed by atoms with Crippen molar-refractivity contribution < 1.29 is 32.5 Å². The van der Waals surface area contributed by atoms with E-state index in [-0.39, 0.29) is 22.1 Å². The Morgan fingerprint density at radius 2 is 2.00 bits per heavy atom. The Morgan fingerprint density at radius 1 is 1.36 bits per heavy atom. The molecule has 0 fully saturated rings. The highest BCUT2D eigenvalue weighted by atomic mass is 35.5. The van der Waals surface area contributed by atoms with Gasteiger partial charge in [0.15, 0.2) is 0 Å². The van der Waals surface area contributed by atoms with E-state index in [0.29, 0.717) is 12.5 Å². The summed E-state index contributed by atoms with van der Waals surface area (Å²) in [6.07, 6.45) is -4.66. The average molecular weight is 379 g/mol. The van der Waals surface area contributed by atoms with Crippen LogP contribution in [0.3, 0.4) is 0 Å². The highest BCUT2D eigenvalue weighted by molar-refractivity contribution is 6.32. The van der Waals surface area contributed by atoms with E-state index in [9.17, 15) is 18.0 Å². The second kappa shape index (κ2) is 7.56. The van der Waals surface area contributed by atoms with Crippen molar-refractivity contribution in [1.29, 1.82) is 0 Å². The topological polar surface area (TPSA) is 55.8 Å². The van der Waals surface area contributed by atoms with E-state index in [4.69, 9.17) is 26.2 Å². The van der Waals surface area contributed by atoms with E-state index in [0.717, 1.165) is 18.9 Å². The lowest BCUT2D eigenvalue weighted by atomic mass is 10.0. The summed E-state index contributed by atoms with van der Waals surface area (Å²) < 4.78 is 49.8. The molecule has 1 N–H and O–H groups in total. The third kappa shape index (κ3) is 4.39. The fourth-order valence-electron chi connectivity index (χ4n) is 2.46. The number of benzene rings is 1. The smallest absolute Gasteiger partial charge is 0.430 e. The van der Waals surface area contributed by atoms with Gasteiger partial charge in [-0.3, -0.25) is 0 Å². The van der Waals surface area contributed by atoms with Crippen LogP contribution in [0, 0.1) is 5.92 Å². The lowest BCUT2D eigenvalue weighted by Gasteiger charge is -2.27. The SMILES string of the molecule is CCC(CC)COc1cc2c(cc1Cl)C=C(C(=O)O)C(C(F)(F)F)O2. The van der Waals surface area contributed by atoms with Gasteiger partial charge in [-0.1, -0.05) is 38.3 Å². The van der Waals surface area contributed by atoms with E-state index < -0.39 is 23.8 Å². The molecule has 0 radical (unpaired) electrons. The van der Waals surface area contributed by atoms with Crippen molar-refractivity contribution in [3.63, 3.8) is 0 Å². The van der Waals surface area contributed by atoms with Gasteiger partial charge >= 0.3 is 12.1 Å². The van der Waals surface area contributed by atoms with Crippen molar-refractivity contribution in [3.05, 3.63) is 28.3 Å². The summed E-state index contributed by atoms with van der Waals surface area (Å²) in [6.45, 7) is 4.41. The van der Waals surface area contributed by atoms with E-state index in [1.165, 1.54) is 12.1 Å². The number of hydrogen-bond acceptors (Lipinski definition) is 3. The molecule has 2 rings (SSSR count). The molecular formula is C17H18ClF3O4. The van der Waals surface area contributed by atoms with Gasteiger partial charge in [0.05, 0.1) is 17.2 Å². The third-order valence-corrected chi connectivity index (χ3v) is 4.37. The first-order chi connectivity index (χ1) is 11.7. The Kier molecular flexibility index (Phi) is 5.87. The van der Waals surface area contributed by atoms with Crippen molar-refractivity contribution in [3.8, 4) is 11.5 Å². The maximum atomic E-state index is 13.1. The molecule has 8 heteroatoms. The molecule has 138 valence electrons. The normalized spacial score (nSPS) is 16.9. The lowest BCUT2D eigenvalue weighted by molar-refractivity contribution is -0.187. The van der Waals surface area contributed by atoms with Crippen LogP contribution in [0.2, 0.25) is 5.02 Å². The van der Waals surface area contributed by atoms with Gasteiger partial charge in [0, 0.05) is 11.6 Å². The molecule has 0 saturated carbocycles. The second-order valence-corrected chi connectivity index (χ2v) is 6.17. The van der Waals surface area contributed by atoms with Crippen LogP contribution in [-0.4, -0.2) is 30.0 Å². The number of hydrogen-bond donors (Lipinski definition) is 1. The fraction of sp³-hybridized carbons (Fsp3) is 0.471. The molecule has 0 saturated heterocycles. The van der Waals surface area contributed by atoms with E-state index in [1.807, 2.05) is 13.8 Å². The molecule has 1 heterocycles. The largest absolute Gasteiger partial charge is 0.492 e. The van der Waals surface area contributed by atoms with Gasteiger partial charge in [-0.15, -0.1) is 0 Å². The van der Waals surface area contributed by atoms with E-state index >= 15 is 0 Å². The molecule has 0 aliphatic carbocycles. The quantitative estimate of drug-likeness (QED) is 0.761. The number of carboxylic acid groups (broad SMARTS) is 1. The Balaban J connectivity index is 2.35. The van der Waals surface area contributed by atoms with Crippen LogP contribution in [0.25, 0.3) is 6.08 Å². The molecule has 0 spiro atoms. The lowest BCUT2D eigenvalue weighted by Crippen LogP contribution is -2.40. The third-order valence-electron chi connectivity index (χ3n) is 4.08. The van der Waals surface area contributed by atoms with E-state index in [2.05, 4.69) is 0 Å². The zero-order valence-corrected chi connectivity index (χ0v) is 14.4. The summed E-state index contributed by atoms with van der Waals surface area (Å²) in [7, 11) is 0. The number of aliphatic carboxylic acids is 1. The van der Waals surface area contributed by atoms with Crippen molar-refractivity contribution >= 4 is 23.6 Å². The standard InChI is InChI=1S/C17H18ClF3O4/c1-3-9(4-2)8-24-14-7-13-10(6-12(14)18)5-11(16(22)23)15(25-13)17(19,20)21/h5-7,9,15H,3-4,8H2,1-2H3,(H,22,23). The van der Waals surface area contributed by atoms with Gasteiger partial charge in [-0.25, -0.2) is 4.79 Å². The van der Waals surface area contributed by atoms with Gasteiger partial charge in [-0.2, -0.15) is 13.2 Å². The summed E-state index contributed by atoms with van der Waals surface area (Å²) in [5.74, 6) is -1.30. The minimum atomic E-state index is -4.85. The van der Waals surface area contributed by atoms with Crippen molar-refractivity contribution in [1.82, 2.24) is 0 Å². The maximum absolute atomic E-state index is 13.1. The monoisotopic (exact) mass is 378 g/mol. The first-order valence-electron chi connectivity index (χ1n) is 7.81. The number of carboxylic acids is 1.